The fraction of sp³-hybridized carbons (Fsp3) is 0.810. The first-order valence-electron chi connectivity index (χ1n) is 10.7. The molecule has 6 N–H and O–H groups in total. The van der Waals surface area contributed by atoms with Crippen LogP contribution in [0.5, 0.6) is 0 Å². The minimum atomic E-state index is -1.16. The molecule has 0 bridgehead atoms. The van der Waals surface area contributed by atoms with Crippen molar-refractivity contribution in [1.29, 1.82) is 0 Å². The Labute approximate surface area is 179 Å². The van der Waals surface area contributed by atoms with E-state index in [1.54, 1.807) is 0 Å². The van der Waals surface area contributed by atoms with Crippen molar-refractivity contribution in [1.82, 2.24) is 16.0 Å². The molecule has 0 saturated carbocycles. The number of hydrogen-bond donors (Lipinski definition) is 5. The molecule has 30 heavy (non-hydrogen) atoms. The number of aliphatic carboxylic acids is 1. The Balaban J connectivity index is 5.40. The van der Waals surface area contributed by atoms with Crippen LogP contribution in [0.25, 0.3) is 0 Å². The second-order valence-electron chi connectivity index (χ2n) is 8.87. The van der Waals surface area contributed by atoms with Crippen molar-refractivity contribution in [2.45, 2.75) is 91.9 Å². The average Bonchev–Trinajstić information content (AvgIpc) is 2.63. The molecular formula is C21H40N4O5. The van der Waals surface area contributed by atoms with Crippen LogP contribution in [0, 0.1) is 17.8 Å². The van der Waals surface area contributed by atoms with Crippen molar-refractivity contribution >= 4 is 23.7 Å². The van der Waals surface area contributed by atoms with Crippen molar-refractivity contribution in [2.24, 2.45) is 23.5 Å². The van der Waals surface area contributed by atoms with Crippen LogP contribution in [0.2, 0.25) is 0 Å². The van der Waals surface area contributed by atoms with Crippen LogP contribution in [0.15, 0.2) is 0 Å². The molecule has 0 rings (SSSR count). The molecule has 0 aromatic rings. The maximum Gasteiger partial charge on any atom is 0.325 e. The summed E-state index contributed by atoms with van der Waals surface area (Å²) in [7, 11) is 0. The summed E-state index contributed by atoms with van der Waals surface area (Å²) in [6.45, 7) is 12.8. The quantitative estimate of drug-likeness (QED) is 0.295. The van der Waals surface area contributed by atoms with Crippen LogP contribution in [0.4, 0.5) is 0 Å². The largest absolute Gasteiger partial charge is 0.480 e. The molecule has 0 aliphatic heterocycles. The lowest BCUT2D eigenvalue weighted by Crippen LogP contribution is -2.58. The zero-order chi connectivity index (χ0) is 23.6. The van der Waals surface area contributed by atoms with Crippen molar-refractivity contribution in [3.63, 3.8) is 0 Å². The van der Waals surface area contributed by atoms with Crippen molar-refractivity contribution in [3.05, 3.63) is 0 Å². The van der Waals surface area contributed by atoms with E-state index in [1.165, 1.54) is 6.92 Å². The van der Waals surface area contributed by atoms with E-state index in [-0.39, 0.29) is 17.8 Å². The molecule has 3 amide bonds. The molecule has 0 aliphatic carbocycles. The summed E-state index contributed by atoms with van der Waals surface area (Å²) >= 11 is 0. The number of carboxylic acid groups (broad SMARTS) is 1. The molecule has 9 heteroatoms. The maximum atomic E-state index is 13.0. The number of nitrogens with two attached hydrogens (primary N) is 1. The highest BCUT2D eigenvalue weighted by Gasteiger charge is 2.32. The third-order valence-corrected chi connectivity index (χ3v) is 4.92. The van der Waals surface area contributed by atoms with E-state index in [9.17, 15) is 19.2 Å². The molecule has 0 aromatic heterocycles. The van der Waals surface area contributed by atoms with E-state index < -0.39 is 47.9 Å². The Hall–Kier alpha value is -2.16. The van der Waals surface area contributed by atoms with Crippen molar-refractivity contribution in [3.8, 4) is 0 Å². The van der Waals surface area contributed by atoms with Gasteiger partial charge in [-0.3, -0.25) is 19.2 Å². The lowest BCUT2D eigenvalue weighted by atomic mass is 9.95. The number of nitrogens with one attached hydrogen (secondary N) is 3. The van der Waals surface area contributed by atoms with Crippen LogP contribution >= 0.6 is 0 Å². The maximum absolute atomic E-state index is 13.0. The number of carbonyl (C=O) groups excluding carboxylic acids is 3. The monoisotopic (exact) mass is 428 g/mol. The van der Waals surface area contributed by atoms with Gasteiger partial charge in [-0.25, -0.2) is 0 Å². The van der Waals surface area contributed by atoms with Gasteiger partial charge in [0, 0.05) is 0 Å². The van der Waals surface area contributed by atoms with Gasteiger partial charge in [0.2, 0.25) is 17.7 Å². The normalized spacial score (nSPS) is 16.3. The SMILES string of the molecule is CC[C@H](C)[C@H](NC(=O)[C@@H](N)CC(C)C)C(=O)N[C@@H](CC(C)C)C(=O)N[C@@H](C)C(=O)O. The third-order valence-electron chi connectivity index (χ3n) is 4.92. The third kappa shape index (κ3) is 10.0. The highest BCUT2D eigenvalue weighted by Crippen LogP contribution is 2.12. The number of amides is 3. The van der Waals surface area contributed by atoms with Gasteiger partial charge in [-0.1, -0.05) is 48.0 Å². The topological polar surface area (TPSA) is 151 Å². The predicted molar refractivity (Wildman–Crippen MR) is 115 cm³/mol. The fourth-order valence-corrected chi connectivity index (χ4v) is 2.92. The number of carboxylic acids is 1. The Kier molecular flexibility index (Phi) is 12.3. The van der Waals surface area contributed by atoms with Gasteiger partial charge in [-0.05, 0) is 37.5 Å². The van der Waals surface area contributed by atoms with Gasteiger partial charge in [0.15, 0.2) is 0 Å². The number of hydrogen-bond acceptors (Lipinski definition) is 5. The van der Waals surface area contributed by atoms with E-state index in [0.29, 0.717) is 19.3 Å². The Morgan fingerprint density at radius 2 is 1.33 bits per heavy atom. The zero-order valence-corrected chi connectivity index (χ0v) is 19.3. The lowest BCUT2D eigenvalue weighted by molar-refractivity contribution is -0.142. The van der Waals surface area contributed by atoms with Gasteiger partial charge < -0.3 is 26.8 Å². The smallest absolute Gasteiger partial charge is 0.325 e. The first kappa shape index (κ1) is 27.8. The van der Waals surface area contributed by atoms with E-state index in [2.05, 4.69) is 16.0 Å². The molecule has 0 heterocycles. The van der Waals surface area contributed by atoms with E-state index >= 15 is 0 Å². The summed E-state index contributed by atoms with van der Waals surface area (Å²) in [6.07, 6.45) is 1.46. The van der Waals surface area contributed by atoms with Gasteiger partial charge in [-0.2, -0.15) is 0 Å². The Morgan fingerprint density at radius 3 is 1.77 bits per heavy atom. The summed E-state index contributed by atoms with van der Waals surface area (Å²) in [5.41, 5.74) is 5.94. The van der Waals surface area contributed by atoms with Crippen LogP contribution < -0.4 is 21.7 Å². The minimum absolute atomic E-state index is 0.0808. The molecule has 0 aromatic carbocycles. The van der Waals surface area contributed by atoms with Crippen molar-refractivity contribution in [2.75, 3.05) is 0 Å². The number of rotatable bonds is 13. The van der Waals surface area contributed by atoms with E-state index in [4.69, 9.17) is 10.8 Å². The standard InChI is InChI=1S/C21H40N4O5/c1-8-13(6)17(25-18(26)15(22)9-11(2)3)20(28)24-16(10-12(4)5)19(27)23-14(7)21(29)30/h11-17H,8-10,22H2,1-7H3,(H,23,27)(H,24,28)(H,25,26)(H,29,30)/t13-,14-,15-,16-,17-/m0/s1. The first-order chi connectivity index (χ1) is 13.8. The minimum Gasteiger partial charge on any atom is -0.480 e. The Morgan fingerprint density at radius 1 is 0.800 bits per heavy atom. The summed E-state index contributed by atoms with van der Waals surface area (Å²) in [5, 5.41) is 16.8. The number of carbonyl (C=O) groups is 4. The summed E-state index contributed by atoms with van der Waals surface area (Å²) < 4.78 is 0. The van der Waals surface area contributed by atoms with Crippen LogP contribution in [0.1, 0.15) is 67.7 Å². The zero-order valence-electron chi connectivity index (χ0n) is 19.3. The fourth-order valence-electron chi connectivity index (χ4n) is 2.92. The van der Waals surface area contributed by atoms with Crippen LogP contribution in [-0.2, 0) is 19.2 Å². The second-order valence-corrected chi connectivity index (χ2v) is 8.87. The van der Waals surface area contributed by atoms with Crippen LogP contribution in [0.3, 0.4) is 0 Å². The molecule has 0 aliphatic rings. The molecule has 0 unspecified atom stereocenters. The first-order valence-corrected chi connectivity index (χ1v) is 10.7. The summed E-state index contributed by atoms with van der Waals surface area (Å²) in [5.74, 6) is -2.50. The molecule has 5 atom stereocenters. The van der Waals surface area contributed by atoms with Gasteiger partial charge in [-0.15, -0.1) is 0 Å². The van der Waals surface area contributed by atoms with Gasteiger partial charge in [0.1, 0.15) is 18.1 Å². The highest BCUT2D eigenvalue weighted by molar-refractivity contribution is 5.94. The van der Waals surface area contributed by atoms with Crippen LogP contribution in [-0.4, -0.2) is 53.0 Å². The van der Waals surface area contributed by atoms with E-state index in [0.717, 1.165) is 0 Å². The van der Waals surface area contributed by atoms with Gasteiger partial charge in [0.25, 0.3) is 0 Å². The summed E-state index contributed by atoms with van der Waals surface area (Å²) in [4.78, 5) is 49.0. The predicted octanol–water partition coefficient (Wildman–Crippen LogP) is 1.01. The molecule has 0 radical (unpaired) electrons. The molecule has 9 nitrogen and oxygen atoms in total. The molecular weight excluding hydrogens is 388 g/mol. The lowest BCUT2D eigenvalue weighted by Gasteiger charge is -2.28. The highest BCUT2D eigenvalue weighted by atomic mass is 16.4. The second kappa shape index (κ2) is 13.2. The van der Waals surface area contributed by atoms with Crippen molar-refractivity contribution < 1.29 is 24.3 Å². The van der Waals surface area contributed by atoms with Gasteiger partial charge >= 0.3 is 5.97 Å². The van der Waals surface area contributed by atoms with E-state index in [1.807, 2.05) is 41.5 Å². The molecule has 0 saturated heterocycles. The molecule has 0 fully saturated rings. The average molecular weight is 429 g/mol. The Bertz CT molecular complexity index is 594. The molecule has 0 spiro atoms. The summed E-state index contributed by atoms with van der Waals surface area (Å²) in [6, 6.07) is -3.56. The van der Waals surface area contributed by atoms with Gasteiger partial charge in [0.05, 0.1) is 6.04 Å². The molecule has 174 valence electrons.